The second-order valence-corrected chi connectivity index (χ2v) is 26.5. The number of carboxylic acids is 1. The van der Waals surface area contributed by atoms with Crippen LogP contribution in [0.3, 0.4) is 0 Å². The number of carbonyl (C=O) groups excluding carboxylic acids is 11. The fraction of sp³-hybridized carbons (Fsp3) is 0.806. The minimum Gasteiger partial charge on any atom is -0.481 e. The highest BCUT2D eigenvalue weighted by Gasteiger charge is 2.44. The third kappa shape index (κ3) is 22.7. The average molecular weight is 1220 g/mol. The maximum Gasteiger partial charge on any atom is 0.303 e. The third-order valence-corrected chi connectivity index (χ3v) is 16.2. The molecule has 492 valence electrons. The first-order valence-electron chi connectivity index (χ1n) is 30.9. The summed E-state index contributed by atoms with van der Waals surface area (Å²) in [6.07, 6.45) is 1.24. The number of hydrogen-bond acceptors (Lipinski definition) is 12. The fourth-order valence-electron chi connectivity index (χ4n) is 10.9. The Morgan fingerprint density at radius 3 is 1.30 bits per heavy atom. The Hall–Kier alpha value is -6.36. The van der Waals surface area contributed by atoms with Crippen molar-refractivity contribution in [1.29, 1.82) is 0 Å². The van der Waals surface area contributed by atoms with Gasteiger partial charge in [0.15, 0.2) is 0 Å². The average Bonchev–Trinajstić information content (AvgIpc) is 1.33. The number of hydrogen-bond donors (Lipinski definition) is 5. The second kappa shape index (κ2) is 35.4. The lowest BCUT2D eigenvalue weighted by Gasteiger charge is -2.41. The van der Waals surface area contributed by atoms with Crippen LogP contribution < -0.4 is 21.3 Å². The molecule has 24 nitrogen and oxygen atoms in total. The molecule has 0 aromatic heterocycles. The van der Waals surface area contributed by atoms with Crippen LogP contribution in [0.25, 0.3) is 0 Å². The Kier molecular flexibility index (Phi) is 32.0. The lowest BCUT2D eigenvalue weighted by molar-refractivity contribution is -0.156. The molecule has 1 fully saturated rings. The first-order valence-corrected chi connectivity index (χ1v) is 30.9. The molecule has 0 aromatic carbocycles. The number of aliphatic carboxylic acids is 1. The summed E-state index contributed by atoms with van der Waals surface area (Å²) in [5.74, 6) is -10.1. The standard InChI is InChI=1S/C62H111N11O13/c1-24-43-58(82)67(17)33-49(74)68(18)44(28-34(2)3)56(80)66-51(38(10)11)61(85)69(19)45(29-35(4)5)54(78)63-41(15)53(77)64-42(16)57(81)71(21)47(30-36(6)7)59(83)72(22)48(31-37(8)9)60(84)73(23)52(39(12)13)62(86)70(20)46(55(79)65-43)32-40(14)26-25-27-50(75)76/h34-48,51-52H,24-33H2,1-23H3,(H,63,78)(H,64,77)(H,65,79)(H,66,80)(H,75,76)/t40-,41+,42-,43+,44+,45+,46+,47+,48+,51+,52+/m1/s1. The Morgan fingerprint density at radius 2 is 0.849 bits per heavy atom. The third-order valence-electron chi connectivity index (χ3n) is 16.2. The zero-order chi connectivity index (χ0) is 66.7. The van der Waals surface area contributed by atoms with Crippen LogP contribution in [0.2, 0.25) is 0 Å². The van der Waals surface area contributed by atoms with E-state index in [1.54, 1.807) is 34.6 Å². The minimum atomic E-state index is -1.25. The van der Waals surface area contributed by atoms with E-state index in [0.717, 1.165) is 4.90 Å². The minimum absolute atomic E-state index is 0.0321. The first kappa shape index (κ1) is 77.7. The first-order chi connectivity index (χ1) is 39.6. The topological polar surface area (TPSA) is 296 Å². The monoisotopic (exact) mass is 1220 g/mol. The van der Waals surface area contributed by atoms with Crippen molar-refractivity contribution in [3.8, 4) is 0 Å². The number of nitrogens with one attached hydrogen (secondary N) is 4. The highest BCUT2D eigenvalue weighted by Crippen LogP contribution is 2.26. The van der Waals surface area contributed by atoms with E-state index in [2.05, 4.69) is 21.3 Å². The number of carboxylic acid groups (broad SMARTS) is 1. The summed E-state index contributed by atoms with van der Waals surface area (Å²) in [5, 5.41) is 20.5. The van der Waals surface area contributed by atoms with Crippen LogP contribution in [0.1, 0.15) is 169 Å². The van der Waals surface area contributed by atoms with Gasteiger partial charge in [-0.1, -0.05) is 103 Å². The molecule has 86 heavy (non-hydrogen) atoms. The van der Waals surface area contributed by atoms with Crippen molar-refractivity contribution in [2.24, 2.45) is 41.4 Å². The molecule has 1 heterocycles. The molecular weight excluding hydrogens is 1110 g/mol. The Bertz CT molecular complexity index is 2350. The molecule has 1 rings (SSSR count). The molecule has 0 bridgehead atoms. The summed E-state index contributed by atoms with van der Waals surface area (Å²) in [5.41, 5.74) is 0. The summed E-state index contributed by atoms with van der Waals surface area (Å²) in [6.45, 7) is 27.7. The summed E-state index contributed by atoms with van der Waals surface area (Å²) < 4.78 is 0. The normalized spacial score (nSPS) is 26.2. The molecule has 0 radical (unpaired) electrons. The van der Waals surface area contributed by atoms with E-state index in [9.17, 15) is 53.1 Å². The van der Waals surface area contributed by atoms with Gasteiger partial charge in [0, 0.05) is 55.8 Å². The summed E-state index contributed by atoms with van der Waals surface area (Å²) in [7, 11) is 10.0. The van der Waals surface area contributed by atoms with Crippen LogP contribution in [0.5, 0.6) is 0 Å². The Morgan fingerprint density at radius 1 is 0.453 bits per heavy atom. The van der Waals surface area contributed by atoms with Crippen LogP contribution in [0.4, 0.5) is 0 Å². The molecule has 1 aliphatic rings. The van der Waals surface area contributed by atoms with Gasteiger partial charge < -0.3 is 60.7 Å². The summed E-state index contributed by atoms with van der Waals surface area (Å²) in [6, 6.07) is -11.9. The van der Waals surface area contributed by atoms with E-state index < -0.39 is 150 Å². The zero-order valence-electron chi connectivity index (χ0n) is 56.4. The lowest BCUT2D eigenvalue weighted by Crippen LogP contribution is -2.61. The van der Waals surface area contributed by atoms with E-state index >= 15 is 9.59 Å². The van der Waals surface area contributed by atoms with Crippen LogP contribution in [0.15, 0.2) is 0 Å². The van der Waals surface area contributed by atoms with Crippen molar-refractivity contribution in [2.45, 2.75) is 229 Å². The molecule has 11 atom stereocenters. The van der Waals surface area contributed by atoms with Gasteiger partial charge in [-0.05, 0) is 100 Å². The van der Waals surface area contributed by atoms with Crippen molar-refractivity contribution >= 4 is 70.9 Å². The summed E-state index contributed by atoms with van der Waals surface area (Å²) >= 11 is 0. The van der Waals surface area contributed by atoms with Gasteiger partial charge in [-0.15, -0.1) is 0 Å². The van der Waals surface area contributed by atoms with E-state index in [1.807, 2.05) is 62.3 Å². The molecule has 0 spiro atoms. The fourth-order valence-corrected chi connectivity index (χ4v) is 10.9. The lowest BCUT2D eigenvalue weighted by atomic mass is 9.93. The van der Waals surface area contributed by atoms with Crippen molar-refractivity contribution in [2.75, 3.05) is 55.9 Å². The van der Waals surface area contributed by atoms with Gasteiger partial charge in [0.25, 0.3) is 0 Å². The van der Waals surface area contributed by atoms with Gasteiger partial charge in [-0.25, -0.2) is 0 Å². The van der Waals surface area contributed by atoms with Crippen molar-refractivity contribution < 1.29 is 62.6 Å². The smallest absolute Gasteiger partial charge is 0.303 e. The number of likely N-dealkylation sites (N-methyl/N-ethyl adjacent to an activating group) is 7. The molecule has 24 heteroatoms. The van der Waals surface area contributed by atoms with Gasteiger partial charge in [-0.2, -0.15) is 0 Å². The van der Waals surface area contributed by atoms with Crippen LogP contribution in [-0.4, -0.2) is 227 Å². The molecule has 1 aliphatic heterocycles. The van der Waals surface area contributed by atoms with Crippen LogP contribution in [-0.2, 0) is 57.5 Å². The van der Waals surface area contributed by atoms with Crippen LogP contribution in [0, 0.1) is 41.4 Å². The van der Waals surface area contributed by atoms with E-state index in [0.29, 0.717) is 6.42 Å². The van der Waals surface area contributed by atoms with Crippen molar-refractivity contribution in [1.82, 2.24) is 55.6 Å². The Labute approximate surface area is 513 Å². The zero-order valence-corrected chi connectivity index (χ0v) is 56.4. The molecule has 0 unspecified atom stereocenters. The number of carbonyl (C=O) groups is 12. The predicted octanol–water partition coefficient (Wildman–Crippen LogP) is 3.59. The highest BCUT2D eigenvalue weighted by molar-refractivity contribution is 5.99. The van der Waals surface area contributed by atoms with E-state index in [-0.39, 0.29) is 81.0 Å². The number of amides is 11. The van der Waals surface area contributed by atoms with Gasteiger partial charge in [0.05, 0.1) is 6.54 Å². The van der Waals surface area contributed by atoms with Crippen LogP contribution >= 0.6 is 0 Å². The SMILES string of the molecule is CC[C@@H]1NC(=O)[C@H](C[C@H](C)CCCC(=O)O)N(C)C(=O)[C@H](C(C)C)N(C)C(=O)[C@H](CC(C)C)N(C)C(=O)[C@H](CC(C)C)N(C)C(=O)[C@@H](C)NC(=O)[C@H](C)NC(=O)[C@H](CC(C)C)N(C)C(=O)[C@H](C(C)C)NC(=O)[C@H](CC(C)C)N(C)C(=O)CN(C)C1=O. The summed E-state index contributed by atoms with van der Waals surface area (Å²) in [4.78, 5) is 180. The van der Waals surface area contributed by atoms with E-state index in [1.165, 1.54) is 92.6 Å². The van der Waals surface area contributed by atoms with Gasteiger partial charge in [0.1, 0.15) is 60.4 Å². The molecule has 1 saturated heterocycles. The molecule has 0 aromatic rings. The molecule has 5 N–H and O–H groups in total. The van der Waals surface area contributed by atoms with Crippen molar-refractivity contribution in [3.63, 3.8) is 0 Å². The van der Waals surface area contributed by atoms with Crippen molar-refractivity contribution in [3.05, 3.63) is 0 Å². The van der Waals surface area contributed by atoms with Gasteiger partial charge >= 0.3 is 5.97 Å². The largest absolute Gasteiger partial charge is 0.481 e. The Balaban J connectivity index is 4.29. The molecule has 0 saturated carbocycles. The molecule has 0 aliphatic carbocycles. The number of rotatable bonds is 17. The molecular formula is C62H111N11O13. The van der Waals surface area contributed by atoms with Gasteiger partial charge in [0.2, 0.25) is 65.0 Å². The number of nitrogens with zero attached hydrogens (tertiary/aromatic N) is 7. The highest BCUT2D eigenvalue weighted by atomic mass is 16.4. The molecule has 11 amide bonds. The predicted molar refractivity (Wildman–Crippen MR) is 329 cm³/mol. The van der Waals surface area contributed by atoms with E-state index in [4.69, 9.17) is 0 Å². The van der Waals surface area contributed by atoms with Gasteiger partial charge in [-0.3, -0.25) is 57.5 Å². The quantitative estimate of drug-likeness (QED) is 0.139. The maximum absolute atomic E-state index is 15.1. The second-order valence-electron chi connectivity index (χ2n) is 26.5. The maximum atomic E-state index is 15.1.